The Labute approximate surface area is 133 Å². The first kappa shape index (κ1) is 14.8. The molecule has 0 bridgehead atoms. The fourth-order valence-corrected chi connectivity index (χ4v) is 2.24. The molecule has 116 valence electrons. The summed E-state index contributed by atoms with van der Waals surface area (Å²) in [6.45, 7) is 0. The topological polar surface area (TPSA) is 68.1 Å². The van der Waals surface area contributed by atoms with Crippen LogP contribution in [0.2, 0.25) is 0 Å². The Kier molecular flexibility index (Phi) is 4.10. The molecule has 0 fully saturated rings. The van der Waals surface area contributed by atoms with Crippen LogP contribution in [0.4, 0.5) is 0 Å². The van der Waals surface area contributed by atoms with Crippen LogP contribution in [-0.4, -0.2) is 24.1 Å². The Morgan fingerprint density at radius 3 is 2.74 bits per heavy atom. The maximum atomic E-state index is 11.9. The molecular formula is C18H15NO4. The van der Waals surface area contributed by atoms with Gasteiger partial charge in [0, 0.05) is 6.42 Å². The zero-order chi connectivity index (χ0) is 16.2. The van der Waals surface area contributed by atoms with Gasteiger partial charge in [0.2, 0.25) is 5.90 Å². The van der Waals surface area contributed by atoms with Gasteiger partial charge >= 0.3 is 5.97 Å². The van der Waals surface area contributed by atoms with Gasteiger partial charge < -0.3 is 14.6 Å². The molecule has 0 atom stereocenters. The monoisotopic (exact) mass is 309 g/mol. The summed E-state index contributed by atoms with van der Waals surface area (Å²) in [5.41, 5.74) is 1.94. The molecule has 1 aliphatic heterocycles. The van der Waals surface area contributed by atoms with Crippen molar-refractivity contribution in [2.45, 2.75) is 6.42 Å². The fourth-order valence-electron chi connectivity index (χ4n) is 2.24. The smallest absolute Gasteiger partial charge is 0.363 e. The van der Waals surface area contributed by atoms with E-state index in [2.05, 4.69) is 4.99 Å². The zero-order valence-corrected chi connectivity index (χ0v) is 12.5. The van der Waals surface area contributed by atoms with E-state index in [0.29, 0.717) is 23.6 Å². The number of ether oxygens (including phenoxy) is 2. The fraction of sp³-hybridized carbons (Fsp3) is 0.111. The highest BCUT2D eigenvalue weighted by Gasteiger charge is 2.23. The van der Waals surface area contributed by atoms with Crippen molar-refractivity contribution in [1.82, 2.24) is 0 Å². The van der Waals surface area contributed by atoms with Gasteiger partial charge in [-0.2, -0.15) is 0 Å². The number of methoxy groups -OCH3 is 1. The van der Waals surface area contributed by atoms with E-state index in [9.17, 15) is 9.90 Å². The summed E-state index contributed by atoms with van der Waals surface area (Å²) in [5, 5.41) is 9.59. The molecule has 0 amide bonds. The summed E-state index contributed by atoms with van der Waals surface area (Å²) in [5.74, 6) is 0.261. The second kappa shape index (κ2) is 6.36. The number of esters is 1. The molecule has 0 aliphatic carbocycles. The summed E-state index contributed by atoms with van der Waals surface area (Å²) >= 11 is 0. The molecule has 0 saturated heterocycles. The van der Waals surface area contributed by atoms with Gasteiger partial charge in [0.05, 0.1) is 7.11 Å². The lowest BCUT2D eigenvalue weighted by atomic mass is 10.1. The molecule has 1 aliphatic rings. The number of hydrogen-bond acceptors (Lipinski definition) is 5. The van der Waals surface area contributed by atoms with Crippen molar-refractivity contribution >= 4 is 17.9 Å². The largest absolute Gasteiger partial charge is 0.504 e. The molecule has 5 heteroatoms. The highest BCUT2D eigenvalue weighted by molar-refractivity contribution is 6.07. The van der Waals surface area contributed by atoms with Crippen LogP contribution in [0.5, 0.6) is 11.5 Å². The number of aliphatic imine (C=N–C) groups is 1. The number of cyclic esters (lactones) is 1. The van der Waals surface area contributed by atoms with Crippen LogP contribution in [0.1, 0.15) is 11.1 Å². The lowest BCUT2D eigenvalue weighted by Crippen LogP contribution is -2.06. The van der Waals surface area contributed by atoms with Gasteiger partial charge in [-0.15, -0.1) is 0 Å². The normalized spacial score (nSPS) is 15.4. The van der Waals surface area contributed by atoms with E-state index in [0.717, 1.165) is 5.56 Å². The van der Waals surface area contributed by atoms with Crippen molar-refractivity contribution in [3.8, 4) is 11.5 Å². The van der Waals surface area contributed by atoms with Crippen molar-refractivity contribution in [3.05, 3.63) is 65.4 Å². The van der Waals surface area contributed by atoms with Gasteiger partial charge in [-0.05, 0) is 29.3 Å². The average Bonchev–Trinajstić information content (AvgIpc) is 2.89. The molecule has 2 aromatic rings. The first-order valence-electron chi connectivity index (χ1n) is 7.08. The molecule has 0 unspecified atom stereocenters. The Morgan fingerprint density at radius 2 is 2.00 bits per heavy atom. The van der Waals surface area contributed by atoms with Crippen molar-refractivity contribution in [1.29, 1.82) is 0 Å². The number of phenolic OH excluding ortho intramolecular Hbond substituents is 1. The number of benzene rings is 2. The van der Waals surface area contributed by atoms with Crippen LogP contribution < -0.4 is 4.74 Å². The highest BCUT2D eigenvalue weighted by Crippen LogP contribution is 2.28. The summed E-state index contributed by atoms with van der Waals surface area (Å²) in [7, 11) is 1.46. The van der Waals surface area contributed by atoms with Gasteiger partial charge in [0.1, 0.15) is 0 Å². The van der Waals surface area contributed by atoms with Crippen LogP contribution >= 0.6 is 0 Å². The number of carbonyl (C=O) groups is 1. The van der Waals surface area contributed by atoms with Crippen molar-refractivity contribution < 1.29 is 19.4 Å². The second-order valence-electron chi connectivity index (χ2n) is 5.02. The van der Waals surface area contributed by atoms with Gasteiger partial charge in [-0.3, -0.25) is 0 Å². The van der Waals surface area contributed by atoms with Crippen LogP contribution in [-0.2, 0) is 16.0 Å². The van der Waals surface area contributed by atoms with Gasteiger partial charge in [-0.1, -0.05) is 36.4 Å². The van der Waals surface area contributed by atoms with E-state index in [1.54, 1.807) is 18.2 Å². The molecule has 23 heavy (non-hydrogen) atoms. The van der Waals surface area contributed by atoms with E-state index >= 15 is 0 Å². The quantitative estimate of drug-likeness (QED) is 0.696. The van der Waals surface area contributed by atoms with Gasteiger partial charge in [0.15, 0.2) is 17.2 Å². The van der Waals surface area contributed by atoms with Gasteiger partial charge in [0.25, 0.3) is 0 Å². The first-order valence-corrected chi connectivity index (χ1v) is 7.08. The predicted molar refractivity (Wildman–Crippen MR) is 86.3 cm³/mol. The Balaban J connectivity index is 1.83. The predicted octanol–water partition coefficient (Wildman–Crippen LogP) is 2.94. The number of aromatic hydroxyl groups is 1. The third-order valence-corrected chi connectivity index (χ3v) is 3.37. The standard InChI is InChI=1S/C18H15NO4/c1-22-16-10-13(7-8-15(16)20)9-14-18(21)23-17(19-14)11-12-5-3-2-4-6-12/h2-10,20H,11H2,1H3/b14-9+. The lowest BCUT2D eigenvalue weighted by Gasteiger charge is -2.03. The van der Waals surface area contributed by atoms with E-state index in [1.165, 1.54) is 13.2 Å². The Bertz CT molecular complexity index is 794. The van der Waals surface area contributed by atoms with Crippen molar-refractivity contribution in [2.75, 3.05) is 7.11 Å². The zero-order valence-electron chi connectivity index (χ0n) is 12.5. The molecule has 0 aromatic heterocycles. The van der Waals surface area contributed by atoms with E-state index in [-0.39, 0.29) is 11.4 Å². The van der Waals surface area contributed by atoms with E-state index in [4.69, 9.17) is 9.47 Å². The Hall–Kier alpha value is -3.08. The molecule has 0 saturated carbocycles. The number of carbonyl (C=O) groups excluding carboxylic acids is 1. The second-order valence-corrected chi connectivity index (χ2v) is 5.02. The summed E-state index contributed by atoms with van der Waals surface area (Å²) in [6, 6.07) is 14.5. The molecule has 0 spiro atoms. The number of phenols is 1. The summed E-state index contributed by atoms with van der Waals surface area (Å²) < 4.78 is 10.2. The molecule has 3 rings (SSSR count). The summed E-state index contributed by atoms with van der Waals surface area (Å²) in [4.78, 5) is 16.2. The number of hydrogen-bond donors (Lipinski definition) is 1. The minimum atomic E-state index is -0.483. The maximum absolute atomic E-state index is 11.9. The molecule has 1 heterocycles. The lowest BCUT2D eigenvalue weighted by molar-refractivity contribution is -0.130. The van der Waals surface area contributed by atoms with Crippen LogP contribution in [0.25, 0.3) is 6.08 Å². The molecular weight excluding hydrogens is 294 g/mol. The van der Waals surface area contributed by atoms with Crippen LogP contribution in [0, 0.1) is 0 Å². The number of rotatable bonds is 4. The third kappa shape index (κ3) is 3.40. The van der Waals surface area contributed by atoms with Crippen LogP contribution in [0.3, 0.4) is 0 Å². The Morgan fingerprint density at radius 1 is 1.22 bits per heavy atom. The minimum absolute atomic E-state index is 0.0388. The molecule has 5 nitrogen and oxygen atoms in total. The van der Waals surface area contributed by atoms with Gasteiger partial charge in [-0.25, -0.2) is 9.79 Å². The average molecular weight is 309 g/mol. The van der Waals surface area contributed by atoms with Crippen molar-refractivity contribution in [2.24, 2.45) is 4.99 Å². The maximum Gasteiger partial charge on any atom is 0.363 e. The summed E-state index contributed by atoms with van der Waals surface area (Å²) in [6.07, 6.45) is 2.06. The number of nitrogens with zero attached hydrogens (tertiary/aromatic N) is 1. The van der Waals surface area contributed by atoms with Crippen molar-refractivity contribution in [3.63, 3.8) is 0 Å². The van der Waals surface area contributed by atoms with Crippen LogP contribution in [0.15, 0.2) is 59.2 Å². The molecule has 2 aromatic carbocycles. The molecule has 0 radical (unpaired) electrons. The third-order valence-electron chi connectivity index (χ3n) is 3.37. The minimum Gasteiger partial charge on any atom is -0.504 e. The highest BCUT2D eigenvalue weighted by atomic mass is 16.6. The molecule has 1 N–H and O–H groups in total. The van der Waals surface area contributed by atoms with E-state index < -0.39 is 5.97 Å². The van der Waals surface area contributed by atoms with E-state index in [1.807, 2.05) is 30.3 Å². The SMILES string of the molecule is COc1cc(/C=C2/N=C(Cc3ccccc3)OC2=O)ccc1O. The first-order chi connectivity index (χ1) is 11.2.